The fourth-order valence-corrected chi connectivity index (χ4v) is 3.61. The summed E-state index contributed by atoms with van der Waals surface area (Å²) in [5, 5.41) is 3.64. The molecule has 1 heterocycles. The summed E-state index contributed by atoms with van der Waals surface area (Å²) >= 11 is 0. The van der Waals surface area contributed by atoms with Gasteiger partial charge in [0.25, 0.3) is 0 Å². The summed E-state index contributed by atoms with van der Waals surface area (Å²) in [6.07, 6.45) is 11.9. The van der Waals surface area contributed by atoms with Crippen LogP contribution in [0.3, 0.4) is 0 Å². The Bertz CT molecular complexity index is 186. The van der Waals surface area contributed by atoms with E-state index in [1.807, 2.05) is 0 Å². The van der Waals surface area contributed by atoms with Crippen LogP contribution in [0.1, 0.15) is 65.2 Å². The lowest BCUT2D eigenvalue weighted by Crippen LogP contribution is -2.37. The summed E-state index contributed by atoms with van der Waals surface area (Å²) < 4.78 is 0. The monoisotopic (exact) mass is 223 g/mol. The largest absolute Gasteiger partial charge is 0.314 e. The molecule has 2 fully saturated rings. The molecule has 2 atom stereocenters. The standard InChI is InChI=1S/C15H29N/c1-3-13-6-8-14(9-7-13)10-15-5-4-12(2)16-11-15/h12-16H,3-11H2,1-2H3. The van der Waals surface area contributed by atoms with Gasteiger partial charge in [0.05, 0.1) is 0 Å². The first-order chi connectivity index (χ1) is 7.78. The van der Waals surface area contributed by atoms with Crippen LogP contribution in [0.25, 0.3) is 0 Å². The summed E-state index contributed by atoms with van der Waals surface area (Å²) in [5.41, 5.74) is 0. The predicted molar refractivity (Wildman–Crippen MR) is 70.5 cm³/mol. The number of hydrogen-bond donors (Lipinski definition) is 1. The molecule has 0 aromatic heterocycles. The first-order valence-corrected chi connectivity index (χ1v) is 7.51. The van der Waals surface area contributed by atoms with Crippen LogP contribution in [0.15, 0.2) is 0 Å². The van der Waals surface area contributed by atoms with Crippen molar-refractivity contribution in [3.63, 3.8) is 0 Å². The zero-order valence-electron chi connectivity index (χ0n) is 11.2. The lowest BCUT2D eigenvalue weighted by Gasteiger charge is -2.33. The predicted octanol–water partition coefficient (Wildman–Crippen LogP) is 3.98. The molecular weight excluding hydrogens is 194 g/mol. The Morgan fingerprint density at radius 1 is 0.875 bits per heavy atom. The Morgan fingerprint density at radius 2 is 1.50 bits per heavy atom. The molecule has 0 aromatic rings. The molecule has 2 aliphatic rings. The molecule has 1 saturated carbocycles. The fraction of sp³-hybridized carbons (Fsp3) is 1.00. The summed E-state index contributed by atoms with van der Waals surface area (Å²) in [4.78, 5) is 0. The van der Waals surface area contributed by atoms with Gasteiger partial charge in [0.2, 0.25) is 0 Å². The van der Waals surface area contributed by atoms with Gasteiger partial charge in [0, 0.05) is 6.04 Å². The Kier molecular flexibility index (Phi) is 4.69. The van der Waals surface area contributed by atoms with Crippen molar-refractivity contribution in [1.82, 2.24) is 5.32 Å². The molecule has 1 heteroatoms. The molecule has 0 amide bonds. The lowest BCUT2D eigenvalue weighted by molar-refractivity contribution is 0.206. The maximum Gasteiger partial charge on any atom is 0.00389 e. The zero-order valence-corrected chi connectivity index (χ0v) is 11.2. The average molecular weight is 223 g/mol. The molecule has 94 valence electrons. The van der Waals surface area contributed by atoms with E-state index in [0.717, 1.165) is 23.8 Å². The molecule has 1 aliphatic heterocycles. The van der Waals surface area contributed by atoms with Gasteiger partial charge >= 0.3 is 0 Å². The third-order valence-electron chi connectivity index (χ3n) is 4.97. The minimum absolute atomic E-state index is 0.770. The van der Waals surface area contributed by atoms with Crippen LogP contribution in [0.5, 0.6) is 0 Å². The maximum atomic E-state index is 3.64. The number of piperidine rings is 1. The molecule has 1 N–H and O–H groups in total. The molecule has 2 unspecified atom stereocenters. The van der Waals surface area contributed by atoms with Crippen LogP contribution >= 0.6 is 0 Å². The topological polar surface area (TPSA) is 12.0 Å². The summed E-state index contributed by atoms with van der Waals surface area (Å²) in [5.74, 6) is 3.10. The normalized spacial score (nSPS) is 40.9. The summed E-state index contributed by atoms with van der Waals surface area (Å²) in [7, 11) is 0. The van der Waals surface area contributed by atoms with Gasteiger partial charge in [-0.25, -0.2) is 0 Å². The van der Waals surface area contributed by atoms with Crippen molar-refractivity contribution in [3.8, 4) is 0 Å². The molecule has 1 nitrogen and oxygen atoms in total. The van der Waals surface area contributed by atoms with Crippen molar-refractivity contribution in [1.29, 1.82) is 0 Å². The Morgan fingerprint density at radius 3 is 2.06 bits per heavy atom. The van der Waals surface area contributed by atoms with Crippen molar-refractivity contribution >= 4 is 0 Å². The Balaban J connectivity index is 1.66. The van der Waals surface area contributed by atoms with Gasteiger partial charge in [-0.15, -0.1) is 0 Å². The second kappa shape index (κ2) is 6.05. The Hall–Kier alpha value is -0.0400. The van der Waals surface area contributed by atoms with Crippen molar-refractivity contribution < 1.29 is 0 Å². The van der Waals surface area contributed by atoms with Gasteiger partial charge in [0.1, 0.15) is 0 Å². The molecule has 0 spiro atoms. The SMILES string of the molecule is CCC1CCC(CC2CCC(C)NC2)CC1. The molecule has 2 rings (SSSR count). The smallest absolute Gasteiger partial charge is 0.00389 e. The van der Waals surface area contributed by atoms with E-state index in [2.05, 4.69) is 19.2 Å². The van der Waals surface area contributed by atoms with Crippen molar-refractivity contribution in [2.24, 2.45) is 17.8 Å². The van der Waals surface area contributed by atoms with E-state index in [0.29, 0.717) is 0 Å². The van der Waals surface area contributed by atoms with Crippen molar-refractivity contribution in [3.05, 3.63) is 0 Å². The van der Waals surface area contributed by atoms with E-state index in [9.17, 15) is 0 Å². The highest BCUT2D eigenvalue weighted by Gasteiger charge is 2.24. The van der Waals surface area contributed by atoms with E-state index in [4.69, 9.17) is 0 Å². The average Bonchev–Trinajstić information content (AvgIpc) is 2.33. The number of hydrogen-bond acceptors (Lipinski definition) is 1. The third-order valence-corrected chi connectivity index (χ3v) is 4.97. The van der Waals surface area contributed by atoms with Crippen LogP contribution in [0.2, 0.25) is 0 Å². The van der Waals surface area contributed by atoms with Crippen LogP contribution in [0.4, 0.5) is 0 Å². The van der Waals surface area contributed by atoms with Gasteiger partial charge in [-0.1, -0.05) is 39.0 Å². The van der Waals surface area contributed by atoms with E-state index in [1.54, 1.807) is 0 Å². The van der Waals surface area contributed by atoms with E-state index in [1.165, 1.54) is 57.9 Å². The summed E-state index contributed by atoms with van der Waals surface area (Å²) in [6.45, 7) is 5.97. The second-order valence-electron chi connectivity index (χ2n) is 6.28. The van der Waals surface area contributed by atoms with Gasteiger partial charge in [-0.2, -0.15) is 0 Å². The van der Waals surface area contributed by atoms with E-state index >= 15 is 0 Å². The van der Waals surface area contributed by atoms with E-state index in [-0.39, 0.29) is 0 Å². The minimum atomic E-state index is 0.770. The molecule has 0 bridgehead atoms. The number of nitrogens with one attached hydrogen (secondary N) is 1. The molecule has 0 aromatic carbocycles. The van der Waals surface area contributed by atoms with Gasteiger partial charge < -0.3 is 5.32 Å². The quantitative estimate of drug-likeness (QED) is 0.763. The van der Waals surface area contributed by atoms with Crippen molar-refractivity contribution in [2.75, 3.05) is 6.54 Å². The summed E-state index contributed by atoms with van der Waals surface area (Å²) in [6, 6.07) is 0.770. The molecule has 1 aliphatic carbocycles. The molecule has 1 saturated heterocycles. The first-order valence-electron chi connectivity index (χ1n) is 7.51. The van der Waals surface area contributed by atoms with Gasteiger partial charge in [-0.3, -0.25) is 0 Å². The first kappa shape index (κ1) is 12.4. The molecule has 16 heavy (non-hydrogen) atoms. The highest BCUT2D eigenvalue weighted by atomic mass is 14.9. The highest BCUT2D eigenvalue weighted by molar-refractivity contribution is 4.79. The van der Waals surface area contributed by atoms with Crippen molar-refractivity contribution in [2.45, 2.75) is 71.3 Å². The maximum absolute atomic E-state index is 3.64. The highest BCUT2D eigenvalue weighted by Crippen LogP contribution is 2.35. The van der Waals surface area contributed by atoms with Gasteiger partial charge in [-0.05, 0) is 50.5 Å². The third kappa shape index (κ3) is 3.48. The van der Waals surface area contributed by atoms with Crippen LogP contribution in [-0.2, 0) is 0 Å². The van der Waals surface area contributed by atoms with Crippen LogP contribution < -0.4 is 5.32 Å². The van der Waals surface area contributed by atoms with Crippen LogP contribution in [0, 0.1) is 17.8 Å². The lowest BCUT2D eigenvalue weighted by atomic mass is 9.76. The molecular formula is C15H29N. The van der Waals surface area contributed by atoms with E-state index < -0.39 is 0 Å². The van der Waals surface area contributed by atoms with Gasteiger partial charge in [0.15, 0.2) is 0 Å². The minimum Gasteiger partial charge on any atom is -0.314 e. The second-order valence-corrected chi connectivity index (χ2v) is 6.28. The fourth-order valence-electron chi connectivity index (χ4n) is 3.61. The molecule has 0 radical (unpaired) electrons. The van der Waals surface area contributed by atoms with Crippen LogP contribution in [-0.4, -0.2) is 12.6 Å². The number of rotatable bonds is 3. The zero-order chi connectivity index (χ0) is 11.4. The Labute approximate surface area is 101 Å².